The summed E-state index contributed by atoms with van der Waals surface area (Å²) in [6.07, 6.45) is 8.06. The first-order valence-electron chi connectivity index (χ1n) is 8.49. The van der Waals surface area contributed by atoms with Gasteiger partial charge in [-0.15, -0.1) is 13.2 Å². The Morgan fingerprint density at radius 3 is 2.25 bits per heavy atom. The molecule has 2 aromatic rings. The van der Waals surface area contributed by atoms with Gasteiger partial charge in [0.15, 0.2) is 0 Å². The molecular weight excluding hydrogens is 296 g/mol. The second-order valence-electron chi connectivity index (χ2n) is 6.09. The molecule has 0 amide bonds. The van der Waals surface area contributed by atoms with E-state index in [-0.39, 0.29) is 11.5 Å². The minimum atomic E-state index is 0.176. The molecule has 0 aliphatic heterocycles. The Morgan fingerprint density at radius 2 is 1.58 bits per heavy atom. The highest BCUT2D eigenvalue weighted by Crippen LogP contribution is 2.39. The first-order valence-corrected chi connectivity index (χ1v) is 8.49. The minimum Gasteiger partial charge on any atom is -0.507 e. The molecule has 126 valence electrons. The van der Waals surface area contributed by atoms with Gasteiger partial charge in [-0.05, 0) is 60.6 Å². The van der Waals surface area contributed by atoms with Crippen LogP contribution in [0.5, 0.6) is 11.5 Å². The van der Waals surface area contributed by atoms with Crippen LogP contribution in [-0.2, 0) is 19.3 Å². The Hall–Kier alpha value is -2.48. The number of benzene rings is 2. The van der Waals surface area contributed by atoms with E-state index in [0.29, 0.717) is 11.1 Å². The van der Waals surface area contributed by atoms with E-state index in [1.807, 2.05) is 36.4 Å². The summed E-state index contributed by atoms with van der Waals surface area (Å²) in [7, 11) is 0. The summed E-state index contributed by atoms with van der Waals surface area (Å²) in [5, 5.41) is 21.1. The molecule has 0 fully saturated rings. The third-order valence-corrected chi connectivity index (χ3v) is 4.16. The van der Waals surface area contributed by atoms with Crippen molar-refractivity contribution in [1.29, 1.82) is 0 Å². The van der Waals surface area contributed by atoms with Gasteiger partial charge in [-0.3, -0.25) is 0 Å². The number of unbranched alkanes of at least 4 members (excludes halogenated alkanes) is 1. The Kier molecular flexibility index (Phi) is 6.25. The van der Waals surface area contributed by atoms with Crippen molar-refractivity contribution in [3.63, 3.8) is 0 Å². The monoisotopic (exact) mass is 322 g/mol. The van der Waals surface area contributed by atoms with Gasteiger partial charge in [-0.1, -0.05) is 37.6 Å². The molecular formula is C22H26O2. The highest BCUT2D eigenvalue weighted by atomic mass is 16.3. The topological polar surface area (TPSA) is 40.5 Å². The number of phenols is 2. The van der Waals surface area contributed by atoms with E-state index in [0.717, 1.165) is 48.8 Å². The molecule has 0 radical (unpaired) electrons. The molecule has 24 heavy (non-hydrogen) atoms. The van der Waals surface area contributed by atoms with Crippen LogP contribution in [-0.4, -0.2) is 10.2 Å². The summed E-state index contributed by atoms with van der Waals surface area (Å²) in [5.74, 6) is 0.442. The van der Waals surface area contributed by atoms with Crippen molar-refractivity contribution >= 4 is 0 Å². The van der Waals surface area contributed by atoms with E-state index >= 15 is 0 Å². The van der Waals surface area contributed by atoms with Crippen molar-refractivity contribution in [2.45, 2.75) is 39.0 Å². The maximum atomic E-state index is 10.7. The van der Waals surface area contributed by atoms with E-state index < -0.39 is 0 Å². The van der Waals surface area contributed by atoms with Gasteiger partial charge < -0.3 is 10.2 Å². The first-order chi connectivity index (χ1) is 11.6. The molecule has 0 aromatic heterocycles. The van der Waals surface area contributed by atoms with Crippen molar-refractivity contribution in [3.05, 3.63) is 72.3 Å². The second-order valence-corrected chi connectivity index (χ2v) is 6.09. The lowest BCUT2D eigenvalue weighted by molar-refractivity contribution is 0.463. The zero-order valence-electron chi connectivity index (χ0n) is 14.4. The van der Waals surface area contributed by atoms with Gasteiger partial charge in [0.05, 0.1) is 0 Å². The smallest absolute Gasteiger partial charge is 0.126 e. The molecule has 0 saturated carbocycles. The van der Waals surface area contributed by atoms with Crippen molar-refractivity contribution in [2.75, 3.05) is 0 Å². The van der Waals surface area contributed by atoms with Gasteiger partial charge >= 0.3 is 0 Å². The number of rotatable bonds is 8. The molecule has 2 rings (SSSR count). The van der Waals surface area contributed by atoms with Crippen LogP contribution in [0.4, 0.5) is 0 Å². The van der Waals surface area contributed by atoms with E-state index in [4.69, 9.17) is 0 Å². The zero-order valence-corrected chi connectivity index (χ0v) is 14.4. The van der Waals surface area contributed by atoms with Crippen molar-refractivity contribution in [2.24, 2.45) is 0 Å². The van der Waals surface area contributed by atoms with Crippen LogP contribution >= 0.6 is 0 Å². The first kappa shape index (κ1) is 17.9. The maximum Gasteiger partial charge on any atom is 0.126 e. The lowest BCUT2D eigenvalue weighted by Gasteiger charge is -2.15. The number of hydrogen-bond acceptors (Lipinski definition) is 2. The van der Waals surface area contributed by atoms with Crippen molar-refractivity contribution in [1.82, 2.24) is 0 Å². The van der Waals surface area contributed by atoms with Crippen molar-refractivity contribution in [3.8, 4) is 22.6 Å². The predicted octanol–water partition coefficient (Wildman–Crippen LogP) is 5.56. The fourth-order valence-corrected chi connectivity index (χ4v) is 2.90. The number of allylic oxidation sites excluding steroid dienone is 2. The van der Waals surface area contributed by atoms with Gasteiger partial charge in [0.25, 0.3) is 0 Å². The standard InChI is InChI=1S/C22H26O2/c1-4-7-10-18-13-17(9-6-3)15-20(22(18)24)19-14-16(8-5-2)11-12-21(19)23/h5-6,11-15,23-24H,2-4,7-10H2,1H3. The van der Waals surface area contributed by atoms with E-state index in [1.165, 1.54) is 0 Å². The molecule has 0 bridgehead atoms. The molecule has 0 aliphatic carbocycles. The van der Waals surface area contributed by atoms with Crippen LogP contribution in [0.1, 0.15) is 36.5 Å². The summed E-state index contributed by atoms with van der Waals surface area (Å²) in [5.41, 5.74) is 4.43. The molecule has 2 aromatic carbocycles. The third kappa shape index (κ3) is 4.08. The minimum absolute atomic E-state index is 0.176. The average Bonchev–Trinajstić information content (AvgIpc) is 2.57. The Morgan fingerprint density at radius 1 is 0.917 bits per heavy atom. The summed E-state index contributed by atoms with van der Waals surface area (Å²) < 4.78 is 0. The molecule has 0 saturated heterocycles. The number of phenolic OH excluding ortho intramolecular Hbond substituents is 2. The molecule has 2 heteroatoms. The summed E-state index contributed by atoms with van der Waals surface area (Å²) >= 11 is 0. The summed E-state index contributed by atoms with van der Waals surface area (Å²) in [4.78, 5) is 0. The second kappa shape index (κ2) is 8.39. The highest BCUT2D eigenvalue weighted by molar-refractivity contribution is 5.78. The highest BCUT2D eigenvalue weighted by Gasteiger charge is 2.15. The average molecular weight is 322 g/mol. The maximum absolute atomic E-state index is 10.7. The van der Waals surface area contributed by atoms with Crippen LogP contribution in [0.2, 0.25) is 0 Å². The zero-order chi connectivity index (χ0) is 17.5. The summed E-state index contributed by atoms with van der Waals surface area (Å²) in [6, 6.07) is 9.47. The van der Waals surface area contributed by atoms with Crippen LogP contribution in [0.15, 0.2) is 55.6 Å². The lowest BCUT2D eigenvalue weighted by Crippen LogP contribution is -1.94. The van der Waals surface area contributed by atoms with Crippen LogP contribution in [0.25, 0.3) is 11.1 Å². The van der Waals surface area contributed by atoms with Gasteiger partial charge in [-0.2, -0.15) is 0 Å². The number of hydrogen-bond donors (Lipinski definition) is 2. The SMILES string of the molecule is C=CCc1ccc(O)c(-c2cc(CC=C)cc(CCCC)c2O)c1. The van der Waals surface area contributed by atoms with Gasteiger partial charge in [0, 0.05) is 11.1 Å². The number of aryl methyl sites for hydroxylation is 1. The summed E-state index contributed by atoms with van der Waals surface area (Å²) in [6.45, 7) is 9.70. The van der Waals surface area contributed by atoms with E-state index in [9.17, 15) is 10.2 Å². The molecule has 0 atom stereocenters. The van der Waals surface area contributed by atoms with E-state index in [1.54, 1.807) is 6.07 Å². The predicted molar refractivity (Wildman–Crippen MR) is 102 cm³/mol. The Labute approximate surface area is 144 Å². The normalized spacial score (nSPS) is 10.5. The lowest BCUT2D eigenvalue weighted by atomic mass is 9.93. The third-order valence-electron chi connectivity index (χ3n) is 4.16. The molecule has 2 N–H and O–H groups in total. The van der Waals surface area contributed by atoms with Crippen LogP contribution < -0.4 is 0 Å². The quantitative estimate of drug-likeness (QED) is 0.624. The van der Waals surface area contributed by atoms with Gasteiger partial charge in [0.2, 0.25) is 0 Å². The molecule has 2 nitrogen and oxygen atoms in total. The molecule has 0 heterocycles. The van der Waals surface area contributed by atoms with Crippen LogP contribution in [0.3, 0.4) is 0 Å². The van der Waals surface area contributed by atoms with Crippen LogP contribution in [0, 0.1) is 0 Å². The Balaban J connectivity index is 2.59. The number of aromatic hydroxyl groups is 2. The molecule has 0 spiro atoms. The Bertz CT molecular complexity index is 729. The van der Waals surface area contributed by atoms with Gasteiger partial charge in [0.1, 0.15) is 11.5 Å². The largest absolute Gasteiger partial charge is 0.507 e. The molecule has 0 unspecified atom stereocenters. The fraction of sp³-hybridized carbons (Fsp3) is 0.273. The van der Waals surface area contributed by atoms with E-state index in [2.05, 4.69) is 20.1 Å². The molecule has 0 aliphatic rings. The van der Waals surface area contributed by atoms with Gasteiger partial charge in [-0.25, -0.2) is 0 Å². The fourth-order valence-electron chi connectivity index (χ4n) is 2.90. The van der Waals surface area contributed by atoms with Crippen molar-refractivity contribution < 1.29 is 10.2 Å².